The van der Waals surface area contributed by atoms with Crippen LogP contribution in [-0.4, -0.2) is 19.0 Å². The Morgan fingerprint density at radius 1 is 1.38 bits per heavy atom. The third-order valence-corrected chi connectivity index (χ3v) is 1.88. The molecule has 0 atom stereocenters. The fourth-order valence-electron chi connectivity index (χ4n) is 1.07. The number of nitrogens with one attached hydrogen (secondary N) is 2. The molecule has 16 heavy (non-hydrogen) atoms. The molecule has 5 heteroatoms. The summed E-state index contributed by atoms with van der Waals surface area (Å²) in [6.45, 7) is 3.86. The van der Waals surface area contributed by atoms with E-state index in [4.69, 9.17) is 11.6 Å². The van der Waals surface area contributed by atoms with Gasteiger partial charge in [0.2, 0.25) is 5.91 Å². The predicted octanol–water partition coefficient (Wildman–Crippen LogP) is 2.11. The van der Waals surface area contributed by atoms with Crippen LogP contribution in [0.4, 0.5) is 10.1 Å². The zero-order valence-electron chi connectivity index (χ0n) is 8.59. The lowest BCUT2D eigenvalue weighted by atomic mass is 10.3. The van der Waals surface area contributed by atoms with Crippen LogP contribution in [0.3, 0.4) is 0 Å². The summed E-state index contributed by atoms with van der Waals surface area (Å²) in [4.78, 5) is 11.3. The van der Waals surface area contributed by atoms with Crippen LogP contribution in [0.5, 0.6) is 0 Å². The van der Waals surface area contributed by atoms with Gasteiger partial charge in [-0.1, -0.05) is 30.3 Å². The summed E-state index contributed by atoms with van der Waals surface area (Å²) in [5.74, 6) is -0.791. The molecule has 0 spiro atoms. The van der Waals surface area contributed by atoms with Gasteiger partial charge >= 0.3 is 0 Å². The van der Waals surface area contributed by atoms with E-state index >= 15 is 0 Å². The molecule has 86 valence electrons. The summed E-state index contributed by atoms with van der Waals surface area (Å²) >= 11 is 5.50. The third-order valence-electron chi connectivity index (χ3n) is 1.75. The van der Waals surface area contributed by atoms with Crippen LogP contribution < -0.4 is 10.6 Å². The molecular weight excluding hydrogens is 231 g/mol. The first-order chi connectivity index (χ1) is 7.59. The molecular formula is C11H12ClFN2O. The van der Waals surface area contributed by atoms with Gasteiger partial charge in [0, 0.05) is 11.6 Å². The zero-order chi connectivity index (χ0) is 12.0. The van der Waals surface area contributed by atoms with Crippen molar-refractivity contribution in [1.29, 1.82) is 0 Å². The standard InChI is InChI=1S/C11H12ClFN2O/c1-8(12)6-14-7-11(16)15-10-5-3-2-4-9(10)13/h2-5,14H,1,6-7H2,(H,15,16). The van der Waals surface area contributed by atoms with Gasteiger partial charge in [0.05, 0.1) is 12.2 Å². The molecule has 3 nitrogen and oxygen atoms in total. The van der Waals surface area contributed by atoms with Crippen LogP contribution in [0.1, 0.15) is 0 Å². The van der Waals surface area contributed by atoms with Crippen molar-refractivity contribution in [1.82, 2.24) is 5.32 Å². The van der Waals surface area contributed by atoms with Gasteiger partial charge in [0.25, 0.3) is 0 Å². The summed E-state index contributed by atoms with van der Waals surface area (Å²) in [6.07, 6.45) is 0. The Hall–Kier alpha value is -1.39. The Kier molecular flexibility index (Phi) is 4.95. The van der Waals surface area contributed by atoms with Crippen LogP contribution in [-0.2, 0) is 4.79 Å². The predicted molar refractivity (Wildman–Crippen MR) is 62.9 cm³/mol. The fraction of sp³-hybridized carbons (Fsp3) is 0.182. The second kappa shape index (κ2) is 6.25. The highest BCUT2D eigenvalue weighted by molar-refractivity contribution is 6.29. The second-order valence-electron chi connectivity index (χ2n) is 3.15. The molecule has 0 radical (unpaired) electrons. The molecule has 1 amide bonds. The maximum absolute atomic E-state index is 13.1. The molecule has 0 unspecified atom stereocenters. The van der Waals surface area contributed by atoms with Gasteiger partial charge in [0.1, 0.15) is 5.82 Å². The minimum atomic E-state index is -0.461. The van der Waals surface area contributed by atoms with E-state index < -0.39 is 5.82 Å². The van der Waals surface area contributed by atoms with E-state index in [0.29, 0.717) is 11.6 Å². The van der Waals surface area contributed by atoms with Gasteiger partial charge in [-0.05, 0) is 12.1 Å². The minimum Gasteiger partial charge on any atom is -0.322 e. The first-order valence-electron chi connectivity index (χ1n) is 4.68. The van der Waals surface area contributed by atoms with E-state index in [1.54, 1.807) is 12.1 Å². The van der Waals surface area contributed by atoms with Crippen LogP contribution in [0, 0.1) is 5.82 Å². The van der Waals surface area contributed by atoms with E-state index in [1.807, 2.05) is 0 Å². The van der Waals surface area contributed by atoms with Crippen molar-refractivity contribution < 1.29 is 9.18 Å². The lowest BCUT2D eigenvalue weighted by Gasteiger charge is -2.06. The normalized spacial score (nSPS) is 9.88. The van der Waals surface area contributed by atoms with E-state index in [1.165, 1.54) is 12.1 Å². The SMILES string of the molecule is C=C(Cl)CNCC(=O)Nc1ccccc1F. The molecule has 0 heterocycles. The molecule has 0 bridgehead atoms. The van der Waals surface area contributed by atoms with Gasteiger partial charge in [-0.2, -0.15) is 0 Å². The molecule has 0 aliphatic heterocycles. The molecule has 0 aliphatic rings. The summed E-state index contributed by atoms with van der Waals surface area (Å²) in [7, 11) is 0. The van der Waals surface area contributed by atoms with E-state index in [0.717, 1.165) is 0 Å². The summed E-state index contributed by atoms with van der Waals surface area (Å²) < 4.78 is 13.1. The van der Waals surface area contributed by atoms with Crippen molar-refractivity contribution in [2.24, 2.45) is 0 Å². The molecule has 0 aromatic heterocycles. The van der Waals surface area contributed by atoms with Crippen molar-refractivity contribution in [3.05, 3.63) is 41.7 Å². The minimum absolute atomic E-state index is 0.0556. The summed E-state index contributed by atoms with van der Waals surface area (Å²) in [5, 5.41) is 5.61. The summed E-state index contributed by atoms with van der Waals surface area (Å²) in [5.41, 5.74) is 0.166. The molecule has 0 aliphatic carbocycles. The summed E-state index contributed by atoms with van der Waals surface area (Å²) in [6, 6.07) is 5.98. The van der Waals surface area contributed by atoms with Gasteiger partial charge in [-0.25, -0.2) is 4.39 Å². The monoisotopic (exact) mass is 242 g/mol. The number of amides is 1. The highest BCUT2D eigenvalue weighted by atomic mass is 35.5. The van der Waals surface area contributed by atoms with Crippen molar-refractivity contribution in [3.63, 3.8) is 0 Å². The van der Waals surface area contributed by atoms with Crippen molar-refractivity contribution in [2.45, 2.75) is 0 Å². The van der Waals surface area contributed by atoms with Gasteiger partial charge < -0.3 is 10.6 Å². The highest BCUT2D eigenvalue weighted by Gasteiger charge is 2.05. The van der Waals surface area contributed by atoms with E-state index in [2.05, 4.69) is 17.2 Å². The van der Waals surface area contributed by atoms with E-state index in [-0.39, 0.29) is 18.1 Å². The maximum atomic E-state index is 13.1. The largest absolute Gasteiger partial charge is 0.322 e. The first kappa shape index (κ1) is 12.7. The lowest BCUT2D eigenvalue weighted by Crippen LogP contribution is -2.29. The molecule has 0 fully saturated rings. The average Bonchev–Trinajstić information content (AvgIpc) is 2.21. The smallest absolute Gasteiger partial charge is 0.238 e. The molecule has 1 aromatic carbocycles. The van der Waals surface area contributed by atoms with Gasteiger partial charge in [0.15, 0.2) is 0 Å². The van der Waals surface area contributed by atoms with Gasteiger partial charge in [-0.3, -0.25) is 4.79 Å². The molecule has 1 aromatic rings. The molecule has 0 saturated carbocycles. The van der Waals surface area contributed by atoms with Crippen molar-refractivity contribution >= 4 is 23.2 Å². The quantitative estimate of drug-likeness (QED) is 0.830. The van der Waals surface area contributed by atoms with Gasteiger partial charge in [-0.15, -0.1) is 0 Å². The van der Waals surface area contributed by atoms with E-state index in [9.17, 15) is 9.18 Å². The highest BCUT2D eigenvalue weighted by Crippen LogP contribution is 2.11. The van der Waals surface area contributed by atoms with Crippen LogP contribution >= 0.6 is 11.6 Å². The molecule has 2 N–H and O–H groups in total. The Bertz CT molecular complexity index is 395. The fourth-order valence-corrected chi connectivity index (χ4v) is 1.16. The van der Waals surface area contributed by atoms with Crippen LogP contribution in [0.25, 0.3) is 0 Å². The maximum Gasteiger partial charge on any atom is 0.238 e. The number of anilines is 1. The Morgan fingerprint density at radius 3 is 2.69 bits per heavy atom. The van der Waals surface area contributed by atoms with Crippen LogP contribution in [0.15, 0.2) is 35.9 Å². The zero-order valence-corrected chi connectivity index (χ0v) is 9.35. The number of halogens is 2. The lowest BCUT2D eigenvalue weighted by molar-refractivity contribution is -0.115. The van der Waals surface area contributed by atoms with Crippen molar-refractivity contribution in [3.8, 4) is 0 Å². The molecule has 1 rings (SSSR count). The number of benzene rings is 1. The second-order valence-corrected chi connectivity index (χ2v) is 3.68. The Morgan fingerprint density at radius 2 is 2.06 bits per heavy atom. The number of hydrogen-bond donors (Lipinski definition) is 2. The third kappa shape index (κ3) is 4.42. The van der Waals surface area contributed by atoms with Crippen LogP contribution in [0.2, 0.25) is 0 Å². The number of carbonyl (C=O) groups is 1. The number of rotatable bonds is 5. The molecule has 0 saturated heterocycles. The van der Waals surface area contributed by atoms with Crippen molar-refractivity contribution in [2.75, 3.05) is 18.4 Å². The Balaban J connectivity index is 2.40. The number of para-hydroxylation sites is 1. The Labute approximate surface area is 98.3 Å². The number of hydrogen-bond acceptors (Lipinski definition) is 2. The number of carbonyl (C=O) groups excluding carboxylic acids is 1. The topological polar surface area (TPSA) is 41.1 Å². The first-order valence-corrected chi connectivity index (χ1v) is 5.06. The average molecular weight is 243 g/mol.